The lowest BCUT2D eigenvalue weighted by atomic mass is 10.3. The van der Waals surface area contributed by atoms with Gasteiger partial charge in [-0.05, 0) is 19.1 Å². The summed E-state index contributed by atoms with van der Waals surface area (Å²) >= 11 is 1.17. The lowest BCUT2D eigenvalue weighted by molar-refractivity contribution is 0.0951. The Morgan fingerprint density at radius 3 is 3.00 bits per heavy atom. The van der Waals surface area contributed by atoms with Gasteiger partial charge in [0.1, 0.15) is 16.0 Å². The molecule has 1 amide bonds. The van der Waals surface area contributed by atoms with E-state index in [1.165, 1.54) is 11.3 Å². The van der Waals surface area contributed by atoms with Crippen LogP contribution >= 0.6 is 11.3 Å². The van der Waals surface area contributed by atoms with E-state index in [0.717, 1.165) is 0 Å². The summed E-state index contributed by atoms with van der Waals surface area (Å²) in [6, 6.07) is 7.42. The Bertz CT molecular complexity index is 600. The summed E-state index contributed by atoms with van der Waals surface area (Å²) < 4.78 is 0. The van der Waals surface area contributed by atoms with Gasteiger partial charge in [0, 0.05) is 12.7 Å². The van der Waals surface area contributed by atoms with Gasteiger partial charge in [0.2, 0.25) is 0 Å². The molecule has 2 rings (SSSR count). The average molecular weight is 258 g/mol. The van der Waals surface area contributed by atoms with Crippen molar-refractivity contribution in [2.75, 3.05) is 6.54 Å². The number of nitrogens with one attached hydrogen (secondary N) is 1. The van der Waals surface area contributed by atoms with Gasteiger partial charge in [-0.15, -0.1) is 11.3 Å². The zero-order valence-corrected chi connectivity index (χ0v) is 10.5. The Kier molecular flexibility index (Phi) is 3.65. The molecule has 0 aromatic carbocycles. The van der Waals surface area contributed by atoms with Gasteiger partial charge < -0.3 is 5.32 Å². The standard InChI is InChI=1S/C12H10N4OS/c1-2-14-11(17)10-9(7-13)18-12(16-10)8-5-3-4-6-15-8/h3-6H,2H2,1H3,(H,14,17). The molecule has 0 saturated carbocycles. The Morgan fingerprint density at radius 1 is 1.56 bits per heavy atom. The molecule has 2 aromatic heterocycles. The molecular formula is C12H10N4OS. The number of rotatable bonds is 3. The molecule has 0 aliphatic rings. The lowest BCUT2D eigenvalue weighted by Crippen LogP contribution is -2.23. The van der Waals surface area contributed by atoms with Crippen molar-refractivity contribution in [1.29, 1.82) is 5.26 Å². The fourth-order valence-electron chi connectivity index (χ4n) is 1.39. The van der Waals surface area contributed by atoms with E-state index in [9.17, 15) is 4.79 Å². The van der Waals surface area contributed by atoms with Crippen LogP contribution in [0.1, 0.15) is 22.3 Å². The molecule has 0 saturated heterocycles. The third-order valence-electron chi connectivity index (χ3n) is 2.17. The van der Waals surface area contributed by atoms with Crippen molar-refractivity contribution < 1.29 is 4.79 Å². The van der Waals surface area contributed by atoms with Gasteiger partial charge in [-0.1, -0.05) is 6.07 Å². The molecule has 0 aliphatic carbocycles. The molecule has 0 radical (unpaired) electrons. The zero-order valence-electron chi connectivity index (χ0n) is 9.67. The number of hydrogen-bond acceptors (Lipinski definition) is 5. The van der Waals surface area contributed by atoms with Crippen LogP contribution in [-0.2, 0) is 0 Å². The first-order chi connectivity index (χ1) is 8.76. The third-order valence-corrected chi connectivity index (χ3v) is 3.15. The molecule has 0 aliphatic heterocycles. The monoisotopic (exact) mass is 258 g/mol. The van der Waals surface area contributed by atoms with E-state index < -0.39 is 0 Å². The van der Waals surface area contributed by atoms with Gasteiger partial charge in [-0.25, -0.2) is 4.98 Å². The topological polar surface area (TPSA) is 78.7 Å². The molecule has 0 atom stereocenters. The van der Waals surface area contributed by atoms with Crippen LogP contribution in [0, 0.1) is 11.3 Å². The Morgan fingerprint density at radius 2 is 2.39 bits per heavy atom. The SMILES string of the molecule is CCNC(=O)c1nc(-c2ccccn2)sc1C#N. The maximum Gasteiger partial charge on any atom is 0.272 e. The van der Waals surface area contributed by atoms with Crippen molar-refractivity contribution in [2.45, 2.75) is 6.92 Å². The van der Waals surface area contributed by atoms with Gasteiger partial charge in [-0.3, -0.25) is 9.78 Å². The average Bonchev–Trinajstić information content (AvgIpc) is 2.84. The number of pyridine rings is 1. The molecule has 2 heterocycles. The number of carbonyl (C=O) groups is 1. The molecule has 0 fully saturated rings. The number of thiazole rings is 1. The Labute approximate surface area is 108 Å². The molecular weight excluding hydrogens is 248 g/mol. The van der Waals surface area contributed by atoms with Gasteiger partial charge in [0.25, 0.3) is 5.91 Å². The molecule has 18 heavy (non-hydrogen) atoms. The second kappa shape index (κ2) is 5.38. The second-order valence-electron chi connectivity index (χ2n) is 3.38. The van der Waals surface area contributed by atoms with E-state index in [-0.39, 0.29) is 11.6 Å². The minimum atomic E-state index is -0.326. The first-order valence-corrected chi connectivity index (χ1v) is 6.18. The fraction of sp³-hybridized carbons (Fsp3) is 0.167. The Balaban J connectivity index is 2.42. The molecule has 0 bridgehead atoms. The van der Waals surface area contributed by atoms with Crippen molar-refractivity contribution in [3.05, 3.63) is 35.0 Å². The van der Waals surface area contributed by atoms with Crippen LogP contribution in [-0.4, -0.2) is 22.4 Å². The fourth-order valence-corrected chi connectivity index (χ4v) is 2.23. The maximum absolute atomic E-state index is 11.7. The zero-order chi connectivity index (χ0) is 13.0. The van der Waals surface area contributed by atoms with Crippen molar-refractivity contribution in [3.63, 3.8) is 0 Å². The number of nitriles is 1. The molecule has 0 unspecified atom stereocenters. The summed E-state index contributed by atoms with van der Waals surface area (Å²) in [5.74, 6) is -0.326. The largest absolute Gasteiger partial charge is 0.351 e. The van der Waals surface area contributed by atoms with E-state index in [2.05, 4.69) is 15.3 Å². The molecule has 6 heteroatoms. The van der Waals surface area contributed by atoms with Crippen LogP contribution in [0.3, 0.4) is 0 Å². The molecule has 1 N–H and O–H groups in total. The summed E-state index contributed by atoms with van der Waals surface area (Å²) in [5.41, 5.74) is 0.833. The van der Waals surface area contributed by atoms with E-state index in [4.69, 9.17) is 5.26 Å². The van der Waals surface area contributed by atoms with Crippen molar-refractivity contribution in [3.8, 4) is 16.8 Å². The summed E-state index contributed by atoms with van der Waals surface area (Å²) in [4.78, 5) is 20.4. The first-order valence-electron chi connectivity index (χ1n) is 5.36. The highest BCUT2D eigenvalue weighted by atomic mass is 32.1. The van der Waals surface area contributed by atoms with Gasteiger partial charge in [-0.2, -0.15) is 5.26 Å². The summed E-state index contributed by atoms with van der Waals surface area (Å²) in [6.07, 6.45) is 1.65. The molecule has 0 spiro atoms. The first kappa shape index (κ1) is 12.2. The minimum absolute atomic E-state index is 0.171. The smallest absolute Gasteiger partial charge is 0.272 e. The number of hydrogen-bond donors (Lipinski definition) is 1. The van der Waals surface area contributed by atoms with Gasteiger partial charge in [0.15, 0.2) is 5.69 Å². The number of amides is 1. The molecule has 5 nitrogen and oxygen atoms in total. The van der Waals surface area contributed by atoms with E-state index >= 15 is 0 Å². The van der Waals surface area contributed by atoms with Gasteiger partial charge >= 0.3 is 0 Å². The quantitative estimate of drug-likeness (QED) is 0.910. The number of carbonyl (C=O) groups excluding carboxylic acids is 1. The van der Waals surface area contributed by atoms with E-state index in [1.54, 1.807) is 18.3 Å². The predicted molar refractivity (Wildman–Crippen MR) is 68.1 cm³/mol. The second-order valence-corrected chi connectivity index (χ2v) is 4.38. The molecule has 2 aromatic rings. The third kappa shape index (κ3) is 2.36. The van der Waals surface area contributed by atoms with Crippen LogP contribution in [0.25, 0.3) is 10.7 Å². The highest BCUT2D eigenvalue weighted by molar-refractivity contribution is 7.15. The summed E-state index contributed by atoms with van der Waals surface area (Å²) in [5, 5.41) is 12.2. The van der Waals surface area contributed by atoms with Crippen LogP contribution in [0.4, 0.5) is 0 Å². The highest BCUT2D eigenvalue weighted by Gasteiger charge is 2.18. The summed E-state index contributed by atoms with van der Waals surface area (Å²) in [6.45, 7) is 2.32. The minimum Gasteiger partial charge on any atom is -0.351 e. The number of nitrogens with zero attached hydrogens (tertiary/aromatic N) is 3. The maximum atomic E-state index is 11.7. The lowest BCUT2D eigenvalue weighted by Gasteiger charge is -1.97. The molecule has 90 valence electrons. The summed E-state index contributed by atoms with van der Waals surface area (Å²) in [7, 11) is 0. The van der Waals surface area contributed by atoms with Crippen LogP contribution < -0.4 is 5.32 Å². The Hall–Kier alpha value is -2.26. The van der Waals surface area contributed by atoms with E-state index in [0.29, 0.717) is 22.1 Å². The predicted octanol–water partition coefficient (Wildman–Crippen LogP) is 1.83. The van der Waals surface area contributed by atoms with Crippen LogP contribution in [0.5, 0.6) is 0 Å². The van der Waals surface area contributed by atoms with E-state index in [1.807, 2.05) is 19.1 Å². The van der Waals surface area contributed by atoms with Crippen LogP contribution in [0.2, 0.25) is 0 Å². The normalized spacial score (nSPS) is 9.78. The van der Waals surface area contributed by atoms with Crippen molar-refractivity contribution in [1.82, 2.24) is 15.3 Å². The van der Waals surface area contributed by atoms with Crippen LogP contribution in [0.15, 0.2) is 24.4 Å². The van der Waals surface area contributed by atoms with Gasteiger partial charge in [0.05, 0.1) is 5.69 Å². The van der Waals surface area contributed by atoms with Crippen molar-refractivity contribution in [2.24, 2.45) is 0 Å². The van der Waals surface area contributed by atoms with Crippen molar-refractivity contribution >= 4 is 17.2 Å². The number of aromatic nitrogens is 2. The highest BCUT2D eigenvalue weighted by Crippen LogP contribution is 2.25.